The van der Waals surface area contributed by atoms with Crippen molar-refractivity contribution in [2.75, 3.05) is 23.7 Å². The van der Waals surface area contributed by atoms with Crippen LogP contribution in [0.2, 0.25) is 0 Å². The molecule has 2 N–H and O–H groups in total. The van der Waals surface area contributed by atoms with Crippen molar-refractivity contribution in [3.63, 3.8) is 0 Å². The second-order valence-electron chi connectivity index (χ2n) is 12.2. The number of hydrogen-bond donors (Lipinski definition) is 2. The summed E-state index contributed by atoms with van der Waals surface area (Å²) in [5.74, 6) is 2.24. The van der Waals surface area contributed by atoms with Crippen LogP contribution in [0, 0.1) is 5.92 Å². The van der Waals surface area contributed by atoms with E-state index in [-0.39, 0.29) is 6.04 Å². The lowest BCUT2D eigenvalue weighted by molar-refractivity contribution is -0.137. The number of nitrogens with one attached hydrogen (secondary N) is 2. The molecular formula is C30H40F3N7. The van der Waals surface area contributed by atoms with Gasteiger partial charge in [0, 0.05) is 37.8 Å². The van der Waals surface area contributed by atoms with E-state index in [0.717, 1.165) is 80.6 Å². The highest BCUT2D eigenvalue weighted by Gasteiger charge is 2.31. The topological polar surface area (TPSA) is 70.9 Å². The molecule has 0 unspecified atom stereocenters. The SMILES string of the molecule is CC1CCC(Nc2nc(NC3CCN(Cc4cccc(C(F)(F)F)c4)CC3)c3ncn(C4CCCC4)c3n2)CC1. The first-order valence-corrected chi connectivity index (χ1v) is 15.0. The molecule has 1 saturated heterocycles. The number of benzene rings is 1. The maximum Gasteiger partial charge on any atom is 0.416 e. The molecule has 7 nitrogen and oxygen atoms in total. The maximum atomic E-state index is 13.1. The van der Waals surface area contributed by atoms with Crippen molar-refractivity contribution < 1.29 is 13.2 Å². The zero-order valence-corrected chi connectivity index (χ0v) is 23.3. The van der Waals surface area contributed by atoms with E-state index < -0.39 is 11.7 Å². The molecule has 1 aliphatic heterocycles. The molecule has 10 heteroatoms. The summed E-state index contributed by atoms with van der Waals surface area (Å²) in [5, 5.41) is 7.32. The van der Waals surface area contributed by atoms with Gasteiger partial charge in [0.15, 0.2) is 17.0 Å². The van der Waals surface area contributed by atoms with Crippen LogP contribution in [0.5, 0.6) is 0 Å². The molecule has 2 saturated carbocycles. The number of hydrogen-bond acceptors (Lipinski definition) is 6. The van der Waals surface area contributed by atoms with Crippen LogP contribution < -0.4 is 10.6 Å². The third kappa shape index (κ3) is 6.21. The van der Waals surface area contributed by atoms with Crippen molar-refractivity contribution >= 4 is 22.9 Å². The quantitative estimate of drug-likeness (QED) is 0.326. The van der Waals surface area contributed by atoms with Gasteiger partial charge < -0.3 is 15.2 Å². The zero-order chi connectivity index (χ0) is 27.7. The van der Waals surface area contributed by atoms with Gasteiger partial charge in [0.2, 0.25) is 5.95 Å². The molecule has 216 valence electrons. The van der Waals surface area contributed by atoms with Crippen molar-refractivity contribution in [2.24, 2.45) is 5.92 Å². The molecule has 3 heterocycles. The van der Waals surface area contributed by atoms with Crippen molar-refractivity contribution in [3.8, 4) is 0 Å². The summed E-state index contributed by atoms with van der Waals surface area (Å²) in [6.07, 6.45) is 8.92. The highest BCUT2D eigenvalue weighted by atomic mass is 19.4. The number of likely N-dealkylation sites (tertiary alicyclic amines) is 1. The zero-order valence-electron chi connectivity index (χ0n) is 23.3. The summed E-state index contributed by atoms with van der Waals surface area (Å²) in [6, 6.07) is 6.73. The molecule has 0 radical (unpaired) electrons. The highest BCUT2D eigenvalue weighted by Crippen LogP contribution is 2.34. The number of aromatic nitrogens is 4. The van der Waals surface area contributed by atoms with Gasteiger partial charge in [0.05, 0.1) is 11.9 Å². The number of rotatable bonds is 7. The van der Waals surface area contributed by atoms with Crippen LogP contribution in [-0.4, -0.2) is 49.6 Å². The van der Waals surface area contributed by atoms with E-state index in [9.17, 15) is 13.2 Å². The monoisotopic (exact) mass is 555 g/mol. The van der Waals surface area contributed by atoms with Crippen LogP contribution >= 0.6 is 0 Å². The molecular weight excluding hydrogens is 515 g/mol. The minimum atomic E-state index is -4.32. The Bertz CT molecular complexity index is 1280. The summed E-state index contributed by atoms with van der Waals surface area (Å²) in [5.41, 5.74) is 1.83. The smallest absolute Gasteiger partial charge is 0.365 e. The van der Waals surface area contributed by atoms with Crippen LogP contribution in [0.1, 0.15) is 88.3 Å². The van der Waals surface area contributed by atoms with E-state index in [1.54, 1.807) is 6.07 Å². The first kappa shape index (κ1) is 27.3. The average Bonchev–Trinajstić information content (AvgIpc) is 3.61. The number of piperidine rings is 1. The summed E-state index contributed by atoms with van der Waals surface area (Å²) < 4.78 is 41.7. The molecule has 2 aromatic heterocycles. The standard InChI is InChI=1S/C30H40F3N7/c1-20-9-11-23(12-10-20)36-29-37-27(26-28(38-29)40(19-34-26)25-7-2-3-8-25)35-24-13-15-39(16-14-24)18-21-5-4-6-22(17-21)30(31,32)33/h4-6,17,19-20,23-25H,2-3,7-16,18H2,1H3,(H2,35,36,37,38). The van der Waals surface area contributed by atoms with Gasteiger partial charge in [-0.3, -0.25) is 4.90 Å². The first-order valence-electron chi connectivity index (χ1n) is 15.0. The normalized spacial score (nSPS) is 23.6. The summed E-state index contributed by atoms with van der Waals surface area (Å²) in [7, 11) is 0. The van der Waals surface area contributed by atoms with Gasteiger partial charge in [-0.1, -0.05) is 38.0 Å². The number of alkyl halides is 3. The lowest BCUT2D eigenvalue weighted by atomic mass is 9.87. The summed E-state index contributed by atoms with van der Waals surface area (Å²) >= 11 is 0. The molecule has 2 aliphatic carbocycles. The third-order valence-electron chi connectivity index (χ3n) is 9.08. The van der Waals surface area contributed by atoms with Crippen molar-refractivity contribution in [1.82, 2.24) is 24.4 Å². The minimum Gasteiger partial charge on any atom is -0.365 e. The molecule has 3 aromatic rings. The van der Waals surface area contributed by atoms with Crippen LogP contribution in [0.3, 0.4) is 0 Å². The number of nitrogens with zero attached hydrogens (tertiary/aromatic N) is 5. The van der Waals surface area contributed by atoms with E-state index in [4.69, 9.17) is 15.0 Å². The van der Waals surface area contributed by atoms with Gasteiger partial charge in [0.1, 0.15) is 0 Å². The Morgan fingerprint density at radius 2 is 1.62 bits per heavy atom. The fourth-order valence-electron chi connectivity index (χ4n) is 6.65. The van der Waals surface area contributed by atoms with E-state index in [2.05, 4.69) is 27.0 Å². The van der Waals surface area contributed by atoms with Crippen LogP contribution in [-0.2, 0) is 12.7 Å². The molecule has 0 atom stereocenters. The number of fused-ring (bicyclic) bond motifs is 1. The Kier molecular flexibility index (Phi) is 7.88. The van der Waals surface area contributed by atoms with Crippen molar-refractivity contribution in [3.05, 3.63) is 41.7 Å². The average molecular weight is 556 g/mol. The van der Waals surface area contributed by atoms with Gasteiger partial charge in [-0.15, -0.1) is 0 Å². The molecule has 3 fully saturated rings. The lowest BCUT2D eigenvalue weighted by Gasteiger charge is -2.33. The first-order chi connectivity index (χ1) is 19.3. The Hall–Kier alpha value is -2.88. The lowest BCUT2D eigenvalue weighted by Crippen LogP contribution is -2.39. The second-order valence-corrected chi connectivity index (χ2v) is 12.2. The summed E-state index contributed by atoms with van der Waals surface area (Å²) in [6.45, 7) is 4.47. The molecule has 0 spiro atoms. The van der Waals surface area contributed by atoms with Crippen LogP contribution in [0.15, 0.2) is 30.6 Å². The molecule has 6 rings (SSSR count). The maximum absolute atomic E-state index is 13.1. The van der Waals surface area contributed by atoms with E-state index in [1.807, 2.05) is 6.33 Å². The fraction of sp³-hybridized carbons (Fsp3) is 0.633. The number of halogens is 3. The second kappa shape index (κ2) is 11.5. The van der Waals surface area contributed by atoms with Crippen molar-refractivity contribution in [2.45, 2.75) is 102 Å². The van der Waals surface area contributed by atoms with E-state index in [0.29, 0.717) is 30.1 Å². The Labute approximate surface area is 234 Å². The third-order valence-corrected chi connectivity index (χ3v) is 9.08. The Balaban J connectivity index is 1.15. The van der Waals surface area contributed by atoms with Crippen molar-refractivity contribution in [1.29, 1.82) is 0 Å². The molecule has 1 aromatic carbocycles. The number of anilines is 2. The Morgan fingerprint density at radius 1 is 0.900 bits per heavy atom. The Morgan fingerprint density at radius 3 is 2.35 bits per heavy atom. The fourth-order valence-corrected chi connectivity index (χ4v) is 6.65. The largest absolute Gasteiger partial charge is 0.416 e. The van der Waals surface area contributed by atoms with Crippen LogP contribution in [0.4, 0.5) is 24.9 Å². The predicted octanol–water partition coefficient (Wildman–Crippen LogP) is 7.03. The van der Waals surface area contributed by atoms with E-state index >= 15 is 0 Å². The number of imidazole rings is 1. The predicted molar refractivity (Wildman–Crippen MR) is 151 cm³/mol. The molecule has 40 heavy (non-hydrogen) atoms. The molecule has 0 bridgehead atoms. The highest BCUT2D eigenvalue weighted by molar-refractivity contribution is 5.84. The van der Waals surface area contributed by atoms with Gasteiger partial charge in [0.25, 0.3) is 0 Å². The molecule has 0 amide bonds. The summed E-state index contributed by atoms with van der Waals surface area (Å²) in [4.78, 5) is 16.9. The van der Waals surface area contributed by atoms with E-state index in [1.165, 1.54) is 37.8 Å². The van der Waals surface area contributed by atoms with Gasteiger partial charge in [-0.2, -0.15) is 23.1 Å². The minimum absolute atomic E-state index is 0.218. The molecule has 3 aliphatic rings. The van der Waals surface area contributed by atoms with Gasteiger partial charge in [-0.05, 0) is 68.9 Å². The van der Waals surface area contributed by atoms with Gasteiger partial charge >= 0.3 is 6.18 Å². The van der Waals surface area contributed by atoms with Crippen LogP contribution in [0.25, 0.3) is 11.2 Å². The van der Waals surface area contributed by atoms with Gasteiger partial charge in [-0.25, -0.2) is 4.98 Å².